The summed E-state index contributed by atoms with van der Waals surface area (Å²) < 4.78 is 26.0. The first kappa shape index (κ1) is 19.4. The van der Waals surface area contributed by atoms with E-state index in [0.717, 1.165) is 23.2 Å². The van der Waals surface area contributed by atoms with E-state index in [1.54, 1.807) is 0 Å². The van der Waals surface area contributed by atoms with Gasteiger partial charge in [0.15, 0.2) is 0 Å². The molecule has 1 aliphatic rings. The number of nitrogens with zero attached hydrogens (tertiary/aromatic N) is 2. The number of carbonyl (C=O) groups is 1. The molecule has 144 valence electrons. The van der Waals surface area contributed by atoms with Crippen LogP contribution < -0.4 is 9.21 Å². The van der Waals surface area contributed by atoms with Crippen LogP contribution in [0.4, 0.5) is 11.4 Å². The molecular weight excluding hydrogens is 360 g/mol. The number of hydrogen-bond donors (Lipinski definition) is 0. The van der Waals surface area contributed by atoms with Crippen molar-refractivity contribution in [1.82, 2.24) is 0 Å². The molecule has 2 aromatic rings. The van der Waals surface area contributed by atoms with Gasteiger partial charge in [0.2, 0.25) is 15.9 Å². The second-order valence-corrected chi connectivity index (χ2v) is 9.12. The van der Waals surface area contributed by atoms with Crippen molar-refractivity contribution in [1.29, 1.82) is 0 Å². The molecule has 0 fully saturated rings. The number of fused-ring (bicyclic) bond motifs is 1. The molecule has 1 aliphatic heterocycles. The fourth-order valence-electron chi connectivity index (χ4n) is 3.69. The number of rotatable bonds is 6. The summed E-state index contributed by atoms with van der Waals surface area (Å²) in [5.74, 6) is 0.0498. The molecule has 5 nitrogen and oxygen atoms in total. The van der Waals surface area contributed by atoms with Gasteiger partial charge < -0.3 is 4.90 Å². The lowest BCUT2D eigenvalue weighted by Crippen LogP contribution is -2.33. The Morgan fingerprint density at radius 2 is 1.78 bits per heavy atom. The molecule has 0 atom stereocenters. The lowest BCUT2D eigenvalue weighted by Gasteiger charge is -2.24. The van der Waals surface area contributed by atoms with E-state index >= 15 is 0 Å². The molecule has 0 N–H and O–H groups in total. The van der Waals surface area contributed by atoms with E-state index < -0.39 is 10.0 Å². The maximum Gasteiger partial charge on any atom is 0.232 e. The van der Waals surface area contributed by atoms with Crippen LogP contribution in [0.5, 0.6) is 0 Å². The van der Waals surface area contributed by atoms with Crippen LogP contribution in [0.25, 0.3) is 0 Å². The number of sulfonamides is 1. The summed E-state index contributed by atoms with van der Waals surface area (Å²) >= 11 is 0. The Kier molecular flexibility index (Phi) is 5.56. The summed E-state index contributed by atoms with van der Waals surface area (Å²) in [6, 6.07) is 13.7. The van der Waals surface area contributed by atoms with Crippen LogP contribution in [0, 0.1) is 13.8 Å². The second-order valence-electron chi connectivity index (χ2n) is 7.21. The maximum atomic E-state index is 12.6. The summed E-state index contributed by atoms with van der Waals surface area (Å²) in [7, 11) is -3.41. The first-order valence-corrected chi connectivity index (χ1v) is 11.0. The van der Waals surface area contributed by atoms with E-state index in [1.807, 2.05) is 61.2 Å². The van der Waals surface area contributed by atoms with Crippen molar-refractivity contribution < 1.29 is 13.2 Å². The van der Waals surface area contributed by atoms with Gasteiger partial charge in [-0.2, -0.15) is 0 Å². The van der Waals surface area contributed by atoms with E-state index in [-0.39, 0.29) is 5.91 Å². The van der Waals surface area contributed by atoms with Crippen molar-refractivity contribution in [3.8, 4) is 0 Å². The highest BCUT2D eigenvalue weighted by Gasteiger charge is 2.24. The van der Waals surface area contributed by atoms with Crippen LogP contribution in [0.15, 0.2) is 42.5 Å². The third-order valence-corrected chi connectivity index (χ3v) is 6.03. The number of anilines is 2. The molecule has 0 spiro atoms. The number of amides is 1. The van der Waals surface area contributed by atoms with Gasteiger partial charge in [-0.05, 0) is 61.6 Å². The van der Waals surface area contributed by atoms with Crippen LogP contribution in [-0.2, 0) is 21.2 Å². The van der Waals surface area contributed by atoms with Gasteiger partial charge in [-0.25, -0.2) is 8.42 Å². The summed E-state index contributed by atoms with van der Waals surface area (Å²) in [5.41, 5.74) is 4.87. The van der Waals surface area contributed by atoms with E-state index in [2.05, 4.69) is 0 Å². The van der Waals surface area contributed by atoms with Crippen LogP contribution in [0.2, 0.25) is 0 Å². The van der Waals surface area contributed by atoms with Crippen LogP contribution in [0.3, 0.4) is 0 Å². The van der Waals surface area contributed by atoms with Gasteiger partial charge in [0.25, 0.3) is 0 Å². The van der Waals surface area contributed by atoms with E-state index in [4.69, 9.17) is 0 Å². The van der Waals surface area contributed by atoms with Gasteiger partial charge in [0.1, 0.15) is 0 Å². The topological polar surface area (TPSA) is 57.7 Å². The molecule has 6 heteroatoms. The monoisotopic (exact) mass is 386 g/mol. The smallest absolute Gasteiger partial charge is 0.232 e. The van der Waals surface area contributed by atoms with E-state index in [9.17, 15) is 13.2 Å². The molecule has 1 amide bonds. The zero-order chi connectivity index (χ0) is 19.6. The van der Waals surface area contributed by atoms with E-state index in [0.29, 0.717) is 31.6 Å². The third kappa shape index (κ3) is 4.50. The molecule has 3 rings (SSSR count). The molecular formula is C21H26N2O3S. The Balaban J connectivity index is 1.67. The Morgan fingerprint density at radius 3 is 2.44 bits per heavy atom. The Morgan fingerprint density at radius 1 is 1.11 bits per heavy atom. The Labute approximate surface area is 161 Å². The summed E-state index contributed by atoms with van der Waals surface area (Å²) in [6.07, 6.45) is 2.89. The fourth-order valence-corrected chi connectivity index (χ4v) is 4.64. The summed E-state index contributed by atoms with van der Waals surface area (Å²) in [4.78, 5) is 14.5. The quantitative estimate of drug-likeness (QED) is 0.764. The second kappa shape index (κ2) is 7.72. The molecule has 1 heterocycles. The van der Waals surface area contributed by atoms with Gasteiger partial charge in [0, 0.05) is 25.2 Å². The van der Waals surface area contributed by atoms with Gasteiger partial charge in [-0.1, -0.05) is 24.3 Å². The van der Waals surface area contributed by atoms with Gasteiger partial charge in [-0.3, -0.25) is 9.10 Å². The van der Waals surface area contributed by atoms with Crippen molar-refractivity contribution in [3.63, 3.8) is 0 Å². The average molecular weight is 387 g/mol. The van der Waals surface area contributed by atoms with Crippen molar-refractivity contribution in [2.75, 3.05) is 28.6 Å². The normalized spacial score (nSPS) is 13.5. The predicted molar refractivity (Wildman–Crippen MR) is 110 cm³/mol. The molecule has 0 aromatic heterocycles. The minimum atomic E-state index is -3.41. The van der Waals surface area contributed by atoms with Gasteiger partial charge >= 0.3 is 0 Å². The van der Waals surface area contributed by atoms with Crippen LogP contribution >= 0.6 is 0 Å². The summed E-state index contributed by atoms with van der Waals surface area (Å²) in [6.45, 7) is 4.89. The highest BCUT2D eigenvalue weighted by molar-refractivity contribution is 7.92. The van der Waals surface area contributed by atoms with E-state index in [1.165, 1.54) is 16.1 Å². The SMILES string of the molecule is Cc1cc(C)cc(N(CCCC(=O)N2CCc3ccccc32)S(C)(=O)=O)c1. The van der Waals surface area contributed by atoms with Gasteiger partial charge in [-0.15, -0.1) is 0 Å². The van der Waals surface area contributed by atoms with Crippen molar-refractivity contribution in [3.05, 3.63) is 59.2 Å². The number of carbonyl (C=O) groups excluding carboxylic acids is 1. The minimum absolute atomic E-state index is 0.0498. The molecule has 0 aliphatic carbocycles. The minimum Gasteiger partial charge on any atom is -0.312 e. The number of benzene rings is 2. The first-order chi connectivity index (χ1) is 12.8. The number of hydrogen-bond acceptors (Lipinski definition) is 3. The van der Waals surface area contributed by atoms with Crippen molar-refractivity contribution in [2.45, 2.75) is 33.1 Å². The molecule has 0 radical (unpaired) electrons. The van der Waals surface area contributed by atoms with Gasteiger partial charge in [0.05, 0.1) is 11.9 Å². The predicted octanol–water partition coefficient (Wildman–Crippen LogP) is 3.44. The highest BCUT2D eigenvalue weighted by atomic mass is 32.2. The molecule has 0 unspecified atom stereocenters. The standard InChI is InChI=1S/C21H26N2O3S/c1-16-13-17(2)15-19(14-16)23(27(3,25)26)11-6-9-21(24)22-12-10-18-7-4-5-8-20(18)22/h4-5,7-8,13-15H,6,9-12H2,1-3H3. The lowest BCUT2D eigenvalue weighted by molar-refractivity contribution is -0.118. The number of para-hydroxylation sites is 1. The van der Waals surface area contributed by atoms with Crippen molar-refractivity contribution in [2.24, 2.45) is 0 Å². The zero-order valence-electron chi connectivity index (χ0n) is 16.1. The fraction of sp³-hybridized carbons (Fsp3) is 0.381. The molecule has 0 bridgehead atoms. The van der Waals surface area contributed by atoms with Crippen LogP contribution in [-0.4, -0.2) is 33.7 Å². The van der Waals surface area contributed by atoms with Crippen LogP contribution in [0.1, 0.15) is 29.5 Å². The summed E-state index contributed by atoms with van der Waals surface area (Å²) in [5, 5.41) is 0. The largest absolute Gasteiger partial charge is 0.312 e. The Hall–Kier alpha value is -2.34. The highest BCUT2D eigenvalue weighted by Crippen LogP contribution is 2.28. The average Bonchev–Trinajstić information content (AvgIpc) is 3.00. The Bertz CT molecular complexity index is 933. The molecule has 0 saturated heterocycles. The molecule has 27 heavy (non-hydrogen) atoms. The van der Waals surface area contributed by atoms with Crippen molar-refractivity contribution >= 4 is 27.3 Å². The lowest BCUT2D eigenvalue weighted by atomic mass is 10.1. The zero-order valence-corrected chi connectivity index (χ0v) is 16.9. The maximum absolute atomic E-state index is 12.6. The third-order valence-electron chi connectivity index (χ3n) is 4.83. The molecule has 0 saturated carbocycles. The number of aryl methyl sites for hydroxylation is 2. The molecule has 2 aromatic carbocycles. The first-order valence-electron chi connectivity index (χ1n) is 9.20.